The number of hydrogen-bond acceptors (Lipinski definition) is 2. The molecule has 17 heavy (non-hydrogen) atoms. The van der Waals surface area contributed by atoms with Gasteiger partial charge in [0.15, 0.2) is 0 Å². The van der Waals surface area contributed by atoms with Crippen molar-refractivity contribution in [3.8, 4) is 0 Å². The number of aryl methyl sites for hydroxylation is 1. The highest BCUT2D eigenvalue weighted by Crippen LogP contribution is 2.08. The first-order valence-corrected chi connectivity index (χ1v) is 6.04. The molecule has 0 fully saturated rings. The Labute approximate surface area is 104 Å². The van der Waals surface area contributed by atoms with E-state index >= 15 is 0 Å². The first kappa shape index (κ1) is 13.4. The average Bonchev–Trinajstić information content (AvgIpc) is 2.41. The van der Waals surface area contributed by atoms with Crippen LogP contribution in [-0.4, -0.2) is 9.97 Å². The van der Waals surface area contributed by atoms with Gasteiger partial charge in [0.1, 0.15) is 0 Å². The minimum atomic E-state index is 0.547. The van der Waals surface area contributed by atoms with E-state index in [9.17, 15) is 0 Å². The molecule has 2 heterocycles. The number of rotatable bonds is 2. The number of hydrogen-bond donors (Lipinski definition) is 0. The maximum Gasteiger partial charge on any atom is 0.0428 e. The first-order valence-electron chi connectivity index (χ1n) is 6.04. The molecule has 0 radical (unpaired) electrons. The molecule has 0 aliphatic heterocycles. The van der Waals surface area contributed by atoms with Gasteiger partial charge in [-0.05, 0) is 36.6 Å². The van der Waals surface area contributed by atoms with Gasteiger partial charge in [-0.25, -0.2) is 0 Å². The van der Waals surface area contributed by atoms with E-state index in [0.29, 0.717) is 5.92 Å². The fourth-order valence-corrected chi connectivity index (χ4v) is 1.32. The largest absolute Gasteiger partial charge is 0.261 e. The third-order valence-corrected chi connectivity index (χ3v) is 2.37. The predicted molar refractivity (Wildman–Crippen MR) is 71.9 cm³/mol. The molecule has 0 aliphatic carbocycles. The van der Waals surface area contributed by atoms with Gasteiger partial charge >= 0.3 is 0 Å². The van der Waals surface area contributed by atoms with Gasteiger partial charge < -0.3 is 0 Å². The van der Waals surface area contributed by atoms with Crippen LogP contribution in [0.1, 0.15) is 38.1 Å². The molecule has 2 heteroatoms. The van der Waals surface area contributed by atoms with E-state index in [1.807, 2.05) is 48.8 Å². The summed E-state index contributed by atoms with van der Waals surface area (Å²) in [7, 11) is 0. The lowest BCUT2D eigenvalue weighted by Crippen LogP contribution is -1.88. The Morgan fingerprint density at radius 1 is 0.941 bits per heavy atom. The minimum Gasteiger partial charge on any atom is -0.261 e. The highest BCUT2D eigenvalue weighted by Gasteiger charge is 1.95. The second kappa shape index (κ2) is 7.55. The van der Waals surface area contributed by atoms with E-state index < -0.39 is 0 Å². The summed E-state index contributed by atoms with van der Waals surface area (Å²) in [4.78, 5) is 8.28. The third-order valence-electron chi connectivity index (χ3n) is 2.37. The Bertz CT molecular complexity index is 396. The first-order chi connectivity index (χ1) is 8.24. The normalized spacial score (nSPS) is 9.65. The number of nitrogens with zero attached hydrogens (tertiary/aromatic N) is 2. The van der Waals surface area contributed by atoms with Crippen LogP contribution in [0.15, 0.2) is 48.8 Å². The van der Waals surface area contributed by atoms with E-state index in [0.717, 1.165) is 17.8 Å². The van der Waals surface area contributed by atoms with Crippen molar-refractivity contribution in [2.24, 2.45) is 0 Å². The molecule has 2 nitrogen and oxygen atoms in total. The fourth-order valence-electron chi connectivity index (χ4n) is 1.32. The van der Waals surface area contributed by atoms with Crippen LogP contribution in [0.5, 0.6) is 0 Å². The second-order valence-corrected chi connectivity index (χ2v) is 4.08. The molecule has 0 N–H and O–H groups in total. The molecular formula is C15H20N2. The van der Waals surface area contributed by atoms with Gasteiger partial charge in [-0.2, -0.15) is 0 Å². The lowest BCUT2D eigenvalue weighted by molar-refractivity contribution is 0.823. The van der Waals surface area contributed by atoms with E-state index in [-0.39, 0.29) is 0 Å². The highest BCUT2D eigenvalue weighted by atomic mass is 14.7. The summed E-state index contributed by atoms with van der Waals surface area (Å²) in [6, 6.07) is 12.0. The fraction of sp³-hybridized carbons (Fsp3) is 0.333. The summed E-state index contributed by atoms with van der Waals surface area (Å²) in [5.74, 6) is 0.547. The Morgan fingerprint density at radius 3 is 1.88 bits per heavy atom. The second-order valence-electron chi connectivity index (χ2n) is 4.08. The molecule has 0 amide bonds. The van der Waals surface area contributed by atoms with Crippen molar-refractivity contribution in [3.05, 3.63) is 60.2 Å². The summed E-state index contributed by atoms with van der Waals surface area (Å²) in [5.41, 5.74) is 2.32. The summed E-state index contributed by atoms with van der Waals surface area (Å²) in [5, 5.41) is 0. The lowest BCUT2D eigenvalue weighted by atomic mass is 10.1. The Balaban J connectivity index is 0.000000171. The Kier molecular flexibility index (Phi) is 5.94. The van der Waals surface area contributed by atoms with Crippen LogP contribution in [-0.2, 0) is 6.42 Å². The molecule has 90 valence electrons. The Morgan fingerprint density at radius 2 is 1.59 bits per heavy atom. The standard InChI is InChI=1S/C8H11N.C7H9N/c1-7(2)8-5-3-4-6-9-8;1-2-7-5-3-4-6-8-7/h3-7H,1-2H3;3-6H,2H2,1H3. The zero-order valence-corrected chi connectivity index (χ0v) is 10.8. The van der Waals surface area contributed by atoms with Crippen LogP contribution in [0, 0.1) is 0 Å². The topological polar surface area (TPSA) is 25.8 Å². The van der Waals surface area contributed by atoms with Crippen molar-refractivity contribution >= 4 is 0 Å². The van der Waals surface area contributed by atoms with Crippen LogP contribution in [0.25, 0.3) is 0 Å². The van der Waals surface area contributed by atoms with Crippen molar-refractivity contribution < 1.29 is 0 Å². The summed E-state index contributed by atoms with van der Waals surface area (Å²) >= 11 is 0. The monoisotopic (exact) mass is 228 g/mol. The average molecular weight is 228 g/mol. The molecule has 2 aromatic rings. The van der Waals surface area contributed by atoms with Gasteiger partial charge in [0, 0.05) is 23.8 Å². The van der Waals surface area contributed by atoms with Gasteiger partial charge in [0.25, 0.3) is 0 Å². The van der Waals surface area contributed by atoms with E-state index in [1.54, 1.807) is 0 Å². The van der Waals surface area contributed by atoms with Gasteiger partial charge in [-0.3, -0.25) is 9.97 Å². The maximum absolute atomic E-state index is 4.18. The molecule has 0 spiro atoms. The summed E-state index contributed by atoms with van der Waals surface area (Å²) in [6.45, 7) is 6.38. The zero-order valence-electron chi connectivity index (χ0n) is 10.8. The molecule has 0 unspecified atom stereocenters. The number of pyridine rings is 2. The van der Waals surface area contributed by atoms with E-state index in [2.05, 4.69) is 30.7 Å². The maximum atomic E-state index is 4.18. The lowest BCUT2D eigenvalue weighted by Gasteiger charge is -2.00. The molecule has 0 saturated heterocycles. The number of aromatic nitrogens is 2. The van der Waals surface area contributed by atoms with Gasteiger partial charge in [0.05, 0.1) is 0 Å². The van der Waals surface area contributed by atoms with Crippen LogP contribution in [0.3, 0.4) is 0 Å². The van der Waals surface area contributed by atoms with Crippen LogP contribution in [0.4, 0.5) is 0 Å². The smallest absolute Gasteiger partial charge is 0.0428 e. The zero-order chi connectivity index (χ0) is 12.5. The minimum absolute atomic E-state index is 0.547. The molecule has 0 aromatic carbocycles. The van der Waals surface area contributed by atoms with Crippen LogP contribution >= 0.6 is 0 Å². The quantitative estimate of drug-likeness (QED) is 0.780. The predicted octanol–water partition coefficient (Wildman–Crippen LogP) is 3.85. The molecule has 2 rings (SSSR count). The van der Waals surface area contributed by atoms with Gasteiger partial charge in [0.2, 0.25) is 0 Å². The molecule has 0 bridgehead atoms. The van der Waals surface area contributed by atoms with Crippen LogP contribution < -0.4 is 0 Å². The van der Waals surface area contributed by atoms with E-state index in [1.165, 1.54) is 0 Å². The van der Waals surface area contributed by atoms with Crippen molar-refractivity contribution in [2.75, 3.05) is 0 Å². The summed E-state index contributed by atoms with van der Waals surface area (Å²) < 4.78 is 0. The van der Waals surface area contributed by atoms with Gasteiger partial charge in [-0.1, -0.05) is 32.9 Å². The highest BCUT2D eigenvalue weighted by molar-refractivity contribution is 5.06. The summed E-state index contributed by atoms with van der Waals surface area (Å²) in [6.07, 6.45) is 4.68. The Hall–Kier alpha value is -1.70. The van der Waals surface area contributed by atoms with Gasteiger partial charge in [-0.15, -0.1) is 0 Å². The van der Waals surface area contributed by atoms with Crippen molar-refractivity contribution in [1.82, 2.24) is 9.97 Å². The van der Waals surface area contributed by atoms with Crippen molar-refractivity contribution in [3.63, 3.8) is 0 Å². The van der Waals surface area contributed by atoms with Crippen molar-refractivity contribution in [1.29, 1.82) is 0 Å². The molecule has 0 saturated carbocycles. The van der Waals surface area contributed by atoms with Crippen molar-refractivity contribution in [2.45, 2.75) is 33.1 Å². The SMILES string of the molecule is CC(C)c1ccccn1.CCc1ccccn1. The molecular weight excluding hydrogens is 208 g/mol. The third kappa shape index (κ3) is 5.25. The molecule has 2 aromatic heterocycles. The molecule has 0 atom stereocenters. The van der Waals surface area contributed by atoms with E-state index in [4.69, 9.17) is 0 Å². The van der Waals surface area contributed by atoms with Crippen LogP contribution in [0.2, 0.25) is 0 Å². The molecule has 0 aliphatic rings.